The lowest BCUT2D eigenvalue weighted by Crippen LogP contribution is -2.52. The van der Waals surface area contributed by atoms with Crippen molar-refractivity contribution in [1.82, 2.24) is 14.5 Å². The standard InChI is InChI=1S/C18H16FN3O2/c19-13-5-7-15(8-6-13)24-11-18(23)21-9-14(10-21)22-12-20-16-3-1-2-4-17(16)22/h1-8,12,14H,9-11H2. The highest BCUT2D eigenvalue weighted by Crippen LogP contribution is 2.25. The van der Waals surface area contributed by atoms with E-state index in [1.165, 1.54) is 24.3 Å². The topological polar surface area (TPSA) is 47.4 Å². The molecular weight excluding hydrogens is 309 g/mol. The molecule has 0 spiro atoms. The maximum Gasteiger partial charge on any atom is 0.260 e. The predicted molar refractivity (Wildman–Crippen MR) is 87.2 cm³/mol. The van der Waals surface area contributed by atoms with Crippen molar-refractivity contribution in [2.24, 2.45) is 0 Å². The van der Waals surface area contributed by atoms with Crippen molar-refractivity contribution in [2.45, 2.75) is 6.04 Å². The molecule has 1 saturated heterocycles. The van der Waals surface area contributed by atoms with Gasteiger partial charge in [-0.1, -0.05) is 12.1 Å². The van der Waals surface area contributed by atoms with Crippen LogP contribution >= 0.6 is 0 Å². The summed E-state index contributed by atoms with van der Waals surface area (Å²) in [6.45, 7) is 1.25. The number of halogens is 1. The van der Waals surface area contributed by atoms with Crippen molar-refractivity contribution in [3.8, 4) is 5.75 Å². The number of carbonyl (C=O) groups excluding carboxylic acids is 1. The van der Waals surface area contributed by atoms with Gasteiger partial charge in [-0.15, -0.1) is 0 Å². The lowest BCUT2D eigenvalue weighted by molar-refractivity contribution is -0.139. The van der Waals surface area contributed by atoms with Gasteiger partial charge in [0.25, 0.3) is 5.91 Å². The highest BCUT2D eigenvalue weighted by atomic mass is 19.1. The lowest BCUT2D eigenvalue weighted by atomic mass is 10.1. The third-order valence-electron chi connectivity index (χ3n) is 4.27. The molecule has 0 aliphatic carbocycles. The van der Waals surface area contributed by atoms with E-state index in [1.807, 2.05) is 30.6 Å². The van der Waals surface area contributed by atoms with Crippen molar-refractivity contribution in [1.29, 1.82) is 0 Å². The first-order valence-corrected chi connectivity index (χ1v) is 7.78. The van der Waals surface area contributed by atoms with Gasteiger partial charge in [-0.25, -0.2) is 9.37 Å². The average molecular weight is 325 g/mol. The maximum atomic E-state index is 12.8. The van der Waals surface area contributed by atoms with Crippen LogP contribution in [-0.2, 0) is 4.79 Å². The number of amides is 1. The fourth-order valence-electron chi connectivity index (χ4n) is 2.87. The second kappa shape index (κ2) is 5.96. The molecule has 0 radical (unpaired) electrons. The number of rotatable bonds is 4. The van der Waals surface area contributed by atoms with Crippen LogP contribution in [0.5, 0.6) is 5.75 Å². The largest absolute Gasteiger partial charge is 0.484 e. The Balaban J connectivity index is 1.33. The summed E-state index contributed by atoms with van der Waals surface area (Å²) in [5.74, 6) is 0.0919. The summed E-state index contributed by atoms with van der Waals surface area (Å²) in [5, 5.41) is 0. The number of benzene rings is 2. The minimum atomic E-state index is -0.327. The van der Waals surface area contributed by atoms with E-state index >= 15 is 0 Å². The van der Waals surface area contributed by atoms with Crippen LogP contribution in [0.4, 0.5) is 4.39 Å². The van der Waals surface area contributed by atoms with Gasteiger partial charge in [-0.3, -0.25) is 4.79 Å². The minimum absolute atomic E-state index is 0.0387. The summed E-state index contributed by atoms with van der Waals surface area (Å²) in [6, 6.07) is 13.8. The molecule has 0 atom stereocenters. The fourth-order valence-corrected chi connectivity index (χ4v) is 2.87. The van der Waals surface area contributed by atoms with Gasteiger partial charge >= 0.3 is 0 Å². The zero-order valence-electron chi connectivity index (χ0n) is 12.9. The van der Waals surface area contributed by atoms with Crippen LogP contribution in [0.3, 0.4) is 0 Å². The van der Waals surface area contributed by atoms with E-state index in [-0.39, 0.29) is 24.4 Å². The van der Waals surface area contributed by atoms with Crippen LogP contribution in [-0.4, -0.2) is 40.1 Å². The van der Waals surface area contributed by atoms with Crippen molar-refractivity contribution in [2.75, 3.05) is 19.7 Å². The second-order valence-corrected chi connectivity index (χ2v) is 5.84. The normalized spacial score (nSPS) is 14.6. The number of aromatic nitrogens is 2. The number of imidazole rings is 1. The summed E-state index contributed by atoms with van der Waals surface area (Å²) in [5.41, 5.74) is 2.04. The van der Waals surface area contributed by atoms with Crippen LogP contribution in [0.2, 0.25) is 0 Å². The third-order valence-corrected chi connectivity index (χ3v) is 4.27. The zero-order valence-corrected chi connectivity index (χ0v) is 12.9. The fraction of sp³-hybridized carbons (Fsp3) is 0.222. The highest BCUT2D eigenvalue weighted by molar-refractivity contribution is 5.79. The Bertz CT molecular complexity index is 869. The van der Waals surface area contributed by atoms with E-state index in [4.69, 9.17) is 4.74 Å². The highest BCUT2D eigenvalue weighted by Gasteiger charge is 2.32. The molecule has 6 heteroatoms. The monoisotopic (exact) mass is 325 g/mol. The van der Waals surface area contributed by atoms with E-state index in [0.29, 0.717) is 18.8 Å². The molecule has 122 valence electrons. The third kappa shape index (κ3) is 2.71. The number of para-hydroxylation sites is 2. The second-order valence-electron chi connectivity index (χ2n) is 5.84. The number of fused-ring (bicyclic) bond motifs is 1. The summed E-state index contributed by atoms with van der Waals surface area (Å²) in [6.07, 6.45) is 1.83. The number of carbonyl (C=O) groups is 1. The predicted octanol–water partition coefficient (Wildman–Crippen LogP) is 2.64. The molecule has 2 aromatic carbocycles. The minimum Gasteiger partial charge on any atom is -0.484 e. The first kappa shape index (κ1) is 14.7. The zero-order chi connectivity index (χ0) is 16.5. The van der Waals surface area contributed by atoms with E-state index in [2.05, 4.69) is 9.55 Å². The summed E-state index contributed by atoms with van der Waals surface area (Å²) in [4.78, 5) is 18.3. The molecule has 1 aliphatic rings. The number of hydrogen-bond donors (Lipinski definition) is 0. The van der Waals surface area contributed by atoms with Gasteiger partial charge in [0.1, 0.15) is 11.6 Å². The van der Waals surface area contributed by atoms with Gasteiger partial charge in [0.2, 0.25) is 0 Å². The van der Waals surface area contributed by atoms with E-state index < -0.39 is 0 Å². The Morgan fingerprint density at radius 2 is 1.92 bits per heavy atom. The Hall–Kier alpha value is -2.89. The average Bonchev–Trinajstić information content (AvgIpc) is 2.97. The first-order chi connectivity index (χ1) is 11.7. The Labute approximate surface area is 138 Å². The van der Waals surface area contributed by atoms with Crippen LogP contribution in [0, 0.1) is 5.82 Å². The molecule has 0 bridgehead atoms. The van der Waals surface area contributed by atoms with Crippen LogP contribution < -0.4 is 4.74 Å². The smallest absolute Gasteiger partial charge is 0.260 e. The molecule has 1 aromatic heterocycles. The van der Waals surface area contributed by atoms with Crippen molar-refractivity contribution >= 4 is 16.9 Å². The molecule has 0 saturated carbocycles. The number of likely N-dealkylation sites (tertiary alicyclic amines) is 1. The Morgan fingerprint density at radius 3 is 2.71 bits per heavy atom. The van der Waals surface area contributed by atoms with Gasteiger partial charge in [0.05, 0.1) is 23.4 Å². The van der Waals surface area contributed by atoms with E-state index in [1.54, 1.807) is 4.90 Å². The Morgan fingerprint density at radius 1 is 1.17 bits per heavy atom. The number of ether oxygens (including phenoxy) is 1. The molecule has 0 N–H and O–H groups in total. The van der Waals surface area contributed by atoms with Crippen molar-refractivity contribution < 1.29 is 13.9 Å². The van der Waals surface area contributed by atoms with Gasteiger partial charge in [-0.2, -0.15) is 0 Å². The SMILES string of the molecule is O=C(COc1ccc(F)cc1)N1CC(n2cnc3ccccc32)C1. The number of hydrogen-bond acceptors (Lipinski definition) is 3. The molecule has 1 aliphatic heterocycles. The molecular formula is C18H16FN3O2. The van der Waals surface area contributed by atoms with Crippen LogP contribution in [0.15, 0.2) is 54.9 Å². The van der Waals surface area contributed by atoms with Gasteiger partial charge < -0.3 is 14.2 Å². The molecule has 5 nitrogen and oxygen atoms in total. The molecule has 0 unspecified atom stereocenters. The van der Waals surface area contributed by atoms with Gasteiger partial charge in [-0.05, 0) is 36.4 Å². The molecule has 4 rings (SSSR count). The summed E-state index contributed by atoms with van der Waals surface area (Å²) < 4.78 is 20.3. The summed E-state index contributed by atoms with van der Waals surface area (Å²) >= 11 is 0. The van der Waals surface area contributed by atoms with Crippen LogP contribution in [0.25, 0.3) is 11.0 Å². The van der Waals surface area contributed by atoms with Gasteiger partial charge in [0, 0.05) is 13.1 Å². The first-order valence-electron chi connectivity index (χ1n) is 7.78. The summed E-state index contributed by atoms with van der Waals surface area (Å²) in [7, 11) is 0. The van der Waals surface area contributed by atoms with Crippen molar-refractivity contribution in [3.63, 3.8) is 0 Å². The molecule has 24 heavy (non-hydrogen) atoms. The Kier molecular flexibility index (Phi) is 3.65. The number of nitrogens with zero attached hydrogens (tertiary/aromatic N) is 3. The lowest BCUT2D eigenvalue weighted by Gasteiger charge is -2.40. The molecule has 1 fully saturated rings. The maximum absolute atomic E-state index is 12.8. The van der Waals surface area contributed by atoms with Crippen molar-refractivity contribution in [3.05, 3.63) is 60.7 Å². The quantitative estimate of drug-likeness (QED) is 0.741. The van der Waals surface area contributed by atoms with Crippen LogP contribution in [0.1, 0.15) is 6.04 Å². The molecule has 1 amide bonds. The molecule has 3 aromatic rings. The van der Waals surface area contributed by atoms with E-state index in [9.17, 15) is 9.18 Å². The van der Waals surface area contributed by atoms with Gasteiger partial charge in [0.15, 0.2) is 6.61 Å². The van der Waals surface area contributed by atoms with E-state index in [0.717, 1.165) is 11.0 Å². The molecule has 2 heterocycles.